The van der Waals surface area contributed by atoms with Crippen molar-refractivity contribution < 1.29 is 29.0 Å². The molecule has 4 N–H and O–H groups in total. The largest absolute Gasteiger partial charge is 0.481 e. The summed E-state index contributed by atoms with van der Waals surface area (Å²) in [5.74, 6) is -0.355. The first-order chi connectivity index (χ1) is 20.5. The van der Waals surface area contributed by atoms with Gasteiger partial charge in [-0.2, -0.15) is 0 Å². The molecule has 4 saturated carbocycles. The number of nitrogens with one attached hydrogen (secondary N) is 2. The number of carboxylic acid groups (broad SMARTS) is 1. The van der Waals surface area contributed by atoms with E-state index in [-0.39, 0.29) is 41.7 Å². The maximum absolute atomic E-state index is 12.7. The van der Waals surface area contributed by atoms with Crippen LogP contribution in [0.2, 0.25) is 0 Å². The number of hydrogen-bond donors (Lipinski definition) is 4. The highest BCUT2D eigenvalue weighted by molar-refractivity contribution is 5.74. The second kappa shape index (κ2) is 11.8. The fourth-order valence-electron chi connectivity index (χ4n) is 10.6. The van der Waals surface area contributed by atoms with Gasteiger partial charge in [0, 0.05) is 50.1 Å². The van der Waals surface area contributed by atoms with Crippen LogP contribution in [0.15, 0.2) is 27.6 Å². The highest BCUT2D eigenvalue weighted by Gasteiger charge is 2.69. The number of aliphatic carboxylic acids is 1. The van der Waals surface area contributed by atoms with E-state index in [1.54, 1.807) is 6.07 Å². The van der Waals surface area contributed by atoms with E-state index in [2.05, 4.69) is 29.4 Å². The van der Waals surface area contributed by atoms with Gasteiger partial charge in [-0.1, -0.05) is 13.8 Å². The molecule has 10 heteroatoms. The maximum atomic E-state index is 12.7. The number of carbonyl (C=O) groups is 2. The molecule has 4 aliphatic carbocycles. The predicted molar refractivity (Wildman–Crippen MR) is 160 cm³/mol. The summed E-state index contributed by atoms with van der Waals surface area (Å²) < 4.78 is 10.6. The van der Waals surface area contributed by atoms with Crippen molar-refractivity contribution in [2.24, 2.45) is 34.5 Å². The molecule has 2 heterocycles. The molecule has 2 amide bonds. The zero-order valence-corrected chi connectivity index (χ0v) is 25.7. The van der Waals surface area contributed by atoms with Crippen LogP contribution in [0.4, 0.5) is 4.79 Å². The van der Waals surface area contributed by atoms with E-state index in [9.17, 15) is 24.6 Å². The van der Waals surface area contributed by atoms with Crippen molar-refractivity contribution in [2.75, 3.05) is 39.4 Å². The molecule has 5 fully saturated rings. The molecule has 0 spiro atoms. The van der Waals surface area contributed by atoms with Crippen molar-refractivity contribution >= 4 is 12.0 Å². The molecule has 9 atom stereocenters. The van der Waals surface area contributed by atoms with E-state index < -0.39 is 22.6 Å². The van der Waals surface area contributed by atoms with E-state index in [0.29, 0.717) is 24.8 Å². The van der Waals surface area contributed by atoms with Gasteiger partial charge in [0.15, 0.2) is 0 Å². The lowest BCUT2D eigenvalue weighted by atomic mass is 9.43. The Balaban J connectivity index is 1.13. The van der Waals surface area contributed by atoms with Gasteiger partial charge < -0.3 is 30.0 Å². The van der Waals surface area contributed by atoms with Gasteiger partial charge in [-0.15, -0.1) is 0 Å². The van der Waals surface area contributed by atoms with Crippen molar-refractivity contribution in [1.82, 2.24) is 15.5 Å². The molecule has 5 aliphatic rings. The average molecular weight is 600 g/mol. The van der Waals surface area contributed by atoms with Gasteiger partial charge in [-0.05, 0) is 98.0 Å². The molecule has 6 rings (SSSR count). The van der Waals surface area contributed by atoms with Crippen molar-refractivity contribution in [3.05, 3.63) is 34.4 Å². The first kappa shape index (κ1) is 30.6. The molecule has 1 aromatic heterocycles. The molecule has 1 saturated heterocycles. The predicted octanol–water partition coefficient (Wildman–Crippen LogP) is 3.58. The molecule has 0 aromatic carbocycles. The molecule has 1 aromatic rings. The van der Waals surface area contributed by atoms with Gasteiger partial charge in [-0.25, -0.2) is 9.59 Å². The summed E-state index contributed by atoms with van der Waals surface area (Å²) in [5, 5.41) is 28.8. The second-order valence-corrected chi connectivity index (χ2v) is 14.6. The maximum Gasteiger partial charge on any atom is 0.335 e. The van der Waals surface area contributed by atoms with Crippen LogP contribution < -0.4 is 16.3 Å². The number of urea groups is 1. The summed E-state index contributed by atoms with van der Waals surface area (Å²) in [7, 11) is 0. The van der Waals surface area contributed by atoms with Crippen LogP contribution in [-0.4, -0.2) is 78.1 Å². The topological polar surface area (TPSA) is 141 Å². The molecule has 10 nitrogen and oxygen atoms in total. The fourth-order valence-corrected chi connectivity index (χ4v) is 10.6. The van der Waals surface area contributed by atoms with Crippen molar-refractivity contribution in [3.63, 3.8) is 0 Å². The van der Waals surface area contributed by atoms with Gasteiger partial charge in [0.05, 0.1) is 25.1 Å². The minimum atomic E-state index is -0.986. The summed E-state index contributed by atoms with van der Waals surface area (Å²) in [6, 6.07) is 3.23. The number of carbonyl (C=O) groups excluding carboxylic acids is 1. The zero-order valence-electron chi connectivity index (χ0n) is 25.7. The third-order valence-corrected chi connectivity index (χ3v) is 12.7. The average Bonchev–Trinajstić information content (AvgIpc) is 3.20. The van der Waals surface area contributed by atoms with Gasteiger partial charge in [0.2, 0.25) is 0 Å². The number of nitrogens with zero attached hydrogens (tertiary/aromatic N) is 1. The number of ether oxygens (including phenoxy) is 1. The molecule has 0 bridgehead atoms. The van der Waals surface area contributed by atoms with Gasteiger partial charge >= 0.3 is 17.6 Å². The van der Waals surface area contributed by atoms with Crippen LogP contribution in [0.5, 0.6) is 0 Å². The normalized spacial score (nSPS) is 41.0. The Labute approximate surface area is 253 Å². The van der Waals surface area contributed by atoms with Crippen molar-refractivity contribution in [2.45, 2.75) is 89.2 Å². The van der Waals surface area contributed by atoms with E-state index in [1.165, 1.54) is 12.3 Å². The van der Waals surface area contributed by atoms with Crippen LogP contribution in [0.3, 0.4) is 0 Å². The number of amides is 2. The smallest absolute Gasteiger partial charge is 0.335 e. The monoisotopic (exact) mass is 599 g/mol. The number of hydrogen-bond acceptors (Lipinski definition) is 7. The quantitative estimate of drug-likeness (QED) is 0.373. The zero-order chi connectivity index (χ0) is 30.4. The Morgan fingerprint density at radius 1 is 1.07 bits per heavy atom. The van der Waals surface area contributed by atoms with Crippen LogP contribution in [0.25, 0.3) is 0 Å². The first-order valence-corrected chi connectivity index (χ1v) is 16.4. The minimum Gasteiger partial charge on any atom is -0.481 e. The fraction of sp³-hybridized carbons (Fsp3) is 0.788. The van der Waals surface area contributed by atoms with Gasteiger partial charge in [-0.3, -0.25) is 9.69 Å². The minimum absolute atomic E-state index is 0.0131. The van der Waals surface area contributed by atoms with Gasteiger partial charge in [0.25, 0.3) is 0 Å². The third kappa shape index (κ3) is 5.52. The first-order valence-electron chi connectivity index (χ1n) is 16.4. The molecule has 43 heavy (non-hydrogen) atoms. The van der Waals surface area contributed by atoms with Crippen molar-refractivity contribution in [1.29, 1.82) is 0 Å². The van der Waals surface area contributed by atoms with Crippen LogP contribution in [0, 0.1) is 34.5 Å². The molecule has 0 radical (unpaired) electrons. The third-order valence-electron chi connectivity index (χ3n) is 12.7. The number of morpholine rings is 1. The highest BCUT2D eigenvalue weighted by Crippen LogP contribution is 2.72. The Morgan fingerprint density at radius 3 is 2.58 bits per heavy atom. The molecule has 0 unspecified atom stereocenters. The second-order valence-electron chi connectivity index (χ2n) is 14.6. The summed E-state index contributed by atoms with van der Waals surface area (Å²) in [4.78, 5) is 38.7. The lowest BCUT2D eigenvalue weighted by Crippen LogP contribution is -2.62. The molecular weight excluding hydrogens is 550 g/mol. The molecule has 1 aliphatic heterocycles. The number of carboxylic acids is 1. The van der Waals surface area contributed by atoms with Crippen LogP contribution in [0.1, 0.15) is 83.1 Å². The van der Waals surface area contributed by atoms with E-state index in [0.717, 1.165) is 83.4 Å². The number of aliphatic hydroxyl groups is 1. The Kier molecular flexibility index (Phi) is 8.41. The van der Waals surface area contributed by atoms with Crippen LogP contribution >= 0.6 is 0 Å². The summed E-state index contributed by atoms with van der Waals surface area (Å²) in [6.07, 6.45) is 8.52. The molecular formula is C33H49N3O7. The number of rotatable bonds is 7. The lowest BCUT2D eigenvalue weighted by Gasteiger charge is -2.63. The Hall–Kier alpha value is -2.43. The van der Waals surface area contributed by atoms with E-state index in [1.807, 2.05) is 0 Å². The summed E-state index contributed by atoms with van der Waals surface area (Å²) in [5.41, 5.74) is -1.03. The van der Waals surface area contributed by atoms with Crippen molar-refractivity contribution in [3.8, 4) is 0 Å². The highest BCUT2D eigenvalue weighted by atomic mass is 16.5. The Morgan fingerprint density at radius 2 is 1.86 bits per heavy atom. The van der Waals surface area contributed by atoms with E-state index >= 15 is 0 Å². The lowest BCUT2D eigenvalue weighted by molar-refractivity contribution is -0.202. The standard InChI is InChI=1S/C33H49N3O7/c1-31-9-7-24(35-30(40)34-11-12-36-13-15-42-16-14-36)18-23(31)4-5-26-25(31)8-10-32(2)29(21-3-6-28(39)43-20-21)22(17-27(37)38)19-33(26,32)41/h3,6,20,22-26,29,41H,4-5,7-19H2,1-2H3,(H,37,38)(H2,34,35,40)/t22-,23-,24+,25+,26-,29+,31+,32-,33+/m1/s1. The van der Waals surface area contributed by atoms with E-state index in [4.69, 9.17) is 9.15 Å². The van der Waals surface area contributed by atoms with Crippen LogP contribution in [-0.2, 0) is 9.53 Å². The Bertz CT molecular complexity index is 1230. The SMILES string of the molecule is C[C@]12CC[C@H](NC(=O)NCCN3CCOCC3)C[C@H]1CC[C@@H]1[C@@H]2CC[C@]2(C)[C@@H](c3ccc(=O)oc3)[C@H](CC(=O)O)C[C@]12O. The number of fused-ring (bicyclic) bond motifs is 5. The summed E-state index contributed by atoms with van der Waals surface area (Å²) in [6.45, 7) is 9.34. The summed E-state index contributed by atoms with van der Waals surface area (Å²) >= 11 is 0. The molecule has 238 valence electrons. The van der Waals surface area contributed by atoms with Gasteiger partial charge in [0.1, 0.15) is 0 Å².